The molecule has 0 unspecified atom stereocenters. The second kappa shape index (κ2) is 6.25. The van der Waals surface area contributed by atoms with Gasteiger partial charge in [0.25, 0.3) is 0 Å². The summed E-state index contributed by atoms with van der Waals surface area (Å²) in [4.78, 5) is 49.0. The molecule has 3 rings (SSSR count). The van der Waals surface area contributed by atoms with E-state index in [2.05, 4.69) is 0 Å². The van der Waals surface area contributed by atoms with E-state index < -0.39 is 58.4 Å². The molecule has 0 spiro atoms. The predicted molar refractivity (Wildman–Crippen MR) is 86.3 cm³/mol. The molecule has 0 aromatic carbocycles. The third-order valence-corrected chi connectivity index (χ3v) is 7.21. The third-order valence-electron chi connectivity index (χ3n) is 7.21. The van der Waals surface area contributed by atoms with E-state index in [1.54, 1.807) is 0 Å². The minimum absolute atomic E-state index is 0.417. The Hall–Kier alpha value is -2.12. The highest BCUT2D eigenvalue weighted by molar-refractivity contribution is 6.01. The van der Waals surface area contributed by atoms with Crippen LogP contribution in [0.4, 0.5) is 0 Å². The van der Waals surface area contributed by atoms with Crippen LogP contribution in [0.5, 0.6) is 0 Å². The van der Waals surface area contributed by atoms with Crippen molar-refractivity contribution < 1.29 is 39.6 Å². The minimum Gasteiger partial charge on any atom is -0.481 e. The maximum Gasteiger partial charge on any atom is 0.311 e. The molecular weight excluding hydrogens is 344 g/mol. The van der Waals surface area contributed by atoms with Crippen molar-refractivity contribution in [2.45, 2.75) is 51.4 Å². The quantitative estimate of drug-likeness (QED) is 0.555. The Bertz CT molecular complexity index is 578. The summed E-state index contributed by atoms with van der Waals surface area (Å²) >= 11 is 0. The van der Waals surface area contributed by atoms with Gasteiger partial charge >= 0.3 is 23.9 Å². The fourth-order valence-electron chi connectivity index (χ4n) is 6.44. The molecule has 3 aliphatic rings. The number of carboxylic acids is 4. The highest BCUT2D eigenvalue weighted by Crippen LogP contribution is 2.73. The molecule has 0 radical (unpaired) electrons. The second-order valence-corrected chi connectivity index (χ2v) is 7.98. The van der Waals surface area contributed by atoms with Crippen LogP contribution in [0.25, 0.3) is 0 Å². The van der Waals surface area contributed by atoms with Gasteiger partial charge in [-0.05, 0) is 37.5 Å². The number of aliphatic carboxylic acids is 4. The van der Waals surface area contributed by atoms with Gasteiger partial charge in [0.1, 0.15) is 0 Å². The lowest BCUT2D eigenvalue weighted by Gasteiger charge is -2.64. The van der Waals surface area contributed by atoms with E-state index in [1.165, 1.54) is 0 Å². The van der Waals surface area contributed by atoms with Crippen molar-refractivity contribution in [1.29, 1.82) is 0 Å². The normalized spacial score (nSPS) is 38.0. The highest BCUT2D eigenvalue weighted by atomic mass is 16.4. The van der Waals surface area contributed by atoms with E-state index in [9.17, 15) is 39.6 Å². The fourth-order valence-corrected chi connectivity index (χ4v) is 6.44. The van der Waals surface area contributed by atoms with Gasteiger partial charge in [-0.15, -0.1) is 0 Å². The number of hydrogen-bond acceptors (Lipinski definition) is 4. The maximum absolute atomic E-state index is 12.3. The van der Waals surface area contributed by atoms with Gasteiger partial charge in [-0.1, -0.05) is 25.7 Å². The van der Waals surface area contributed by atoms with Crippen molar-refractivity contribution in [2.75, 3.05) is 0 Å². The number of carboxylic acid groups (broad SMARTS) is 4. The summed E-state index contributed by atoms with van der Waals surface area (Å²) in [7, 11) is 0. The van der Waals surface area contributed by atoms with Crippen LogP contribution in [0.3, 0.4) is 0 Å². The lowest BCUT2D eigenvalue weighted by molar-refractivity contribution is -0.260. The van der Waals surface area contributed by atoms with Crippen LogP contribution in [0, 0.1) is 34.5 Å². The summed E-state index contributed by atoms with van der Waals surface area (Å²) in [6.07, 6.45) is 4.45. The lowest BCUT2D eigenvalue weighted by atomic mass is 9.32. The first-order valence-electron chi connectivity index (χ1n) is 9.15. The Morgan fingerprint density at radius 1 is 0.577 bits per heavy atom. The molecule has 0 amide bonds. The second-order valence-electron chi connectivity index (χ2n) is 7.98. The van der Waals surface area contributed by atoms with E-state index in [1.807, 2.05) is 0 Å². The topological polar surface area (TPSA) is 149 Å². The number of carbonyl (C=O) groups is 4. The zero-order valence-electron chi connectivity index (χ0n) is 14.4. The van der Waals surface area contributed by atoms with Gasteiger partial charge in [-0.25, -0.2) is 0 Å². The number of rotatable bonds is 6. The Labute approximate surface area is 150 Å². The molecule has 144 valence electrons. The largest absolute Gasteiger partial charge is 0.481 e. The standard InChI is InChI=1S/C18H24O8/c19-13(20)11-17(15(23)24,9-5-1-2-6-9)12(14(21)22)18(11,16(25)26)10-7-3-4-8-10/h9-12H,1-8H2,(H,19,20)(H,21,22)(H,23,24)(H,25,26). The van der Waals surface area contributed by atoms with Gasteiger partial charge in [0.15, 0.2) is 0 Å². The first kappa shape index (κ1) is 18.7. The summed E-state index contributed by atoms with van der Waals surface area (Å²) in [5.74, 6) is -10.7. The first-order valence-corrected chi connectivity index (χ1v) is 9.15. The molecule has 0 heterocycles. The molecule has 8 nitrogen and oxygen atoms in total. The van der Waals surface area contributed by atoms with Gasteiger partial charge in [-0.3, -0.25) is 19.2 Å². The Morgan fingerprint density at radius 2 is 0.846 bits per heavy atom. The van der Waals surface area contributed by atoms with Crippen LogP contribution in [0.15, 0.2) is 0 Å². The predicted octanol–water partition coefficient (Wildman–Crippen LogP) is 1.92. The van der Waals surface area contributed by atoms with Gasteiger partial charge in [0.05, 0.1) is 22.7 Å². The van der Waals surface area contributed by atoms with Crippen molar-refractivity contribution in [2.24, 2.45) is 34.5 Å². The molecule has 4 N–H and O–H groups in total. The Kier molecular flexibility index (Phi) is 4.48. The summed E-state index contributed by atoms with van der Waals surface area (Å²) < 4.78 is 0. The Morgan fingerprint density at radius 3 is 1.04 bits per heavy atom. The monoisotopic (exact) mass is 368 g/mol. The van der Waals surface area contributed by atoms with Crippen LogP contribution in [0.1, 0.15) is 51.4 Å². The van der Waals surface area contributed by atoms with Crippen molar-refractivity contribution in [1.82, 2.24) is 0 Å². The molecule has 8 heteroatoms. The first-order chi connectivity index (χ1) is 12.2. The van der Waals surface area contributed by atoms with Crippen LogP contribution in [-0.2, 0) is 19.2 Å². The third kappa shape index (κ3) is 2.07. The average molecular weight is 368 g/mol. The van der Waals surface area contributed by atoms with E-state index in [4.69, 9.17) is 0 Å². The van der Waals surface area contributed by atoms with Crippen LogP contribution >= 0.6 is 0 Å². The van der Waals surface area contributed by atoms with Crippen LogP contribution in [-0.4, -0.2) is 44.3 Å². The SMILES string of the molecule is O=C(O)C1C(C(=O)O)(C2CCCC2)C(C(=O)O)C1(C(=O)O)C1CCCC1. The molecular formula is C18H24O8. The molecule has 3 fully saturated rings. The molecule has 0 aliphatic heterocycles. The van der Waals surface area contributed by atoms with E-state index >= 15 is 0 Å². The van der Waals surface area contributed by atoms with Gasteiger partial charge in [0.2, 0.25) is 0 Å². The average Bonchev–Trinajstić information content (AvgIpc) is 3.18. The van der Waals surface area contributed by atoms with E-state index in [0.717, 1.165) is 0 Å². The summed E-state index contributed by atoms with van der Waals surface area (Å²) in [6.45, 7) is 0. The zero-order chi connectivity index (χ0) is 19.3. The Balaban J connectivity index is 2.24. The van der Waals surface area contributed by atoms with Gasteiger partial charge < -0.3 is 20.4 Å². The van der Waals surface area contributed by atoms with Crippen LogP contribution in [0.2, 0.25) is 0 Å². The van der Waals surface area contributed by atoms with Gasteiger partial charge in [0, 0.05) is 0 Å². The minimum atomic E-state index is -2.06. The molecule has 3 aliphatic carbocycles. The molecule has 0 aromatic heterocycles. The smallest absolute Gasteiger partial charge is 0.311 e. The van der Waals surface area contributed by atoms with Crippen LogP contribution < -0.4 is 0 Å². The molecule has 0 bridgehead atoms. The van der Waals surface area contributed by atoms with Crippen molar-refractivity contribution >= 4 is 23.9 Å². The number of hydrogen-bond donors (Lipinski definition) is 4. The zero-order valence-corrected chi connectivity index (χ0v) is 14.4. The summed E-state index contributed by atoms with van der Waals surface area (Å²) in [5.41, 5.74) is -4.12. The lowest BCUT2D eigenvalue weighted by Crippen LogP contribution is -2.78. The highest BCUT2D eigenvalue weighted by Gasteiger charge is 2.85. The van der Waals surface area contributed by atoms with Crippen molar-refractivity contribution in [3.63, 3.8) is 0 Å². The molecule has 3 saturated carbocycles. The maximum atomic E-state index is 12.3. The van der Waals surface area contributed by atoms with Gasteiger partial charge in [-0.2, -0.15) is 0 Å². The van der Waals surface area contributed by atoms with E-state index in [-0.39, 0.29) is 0 Å². The van der Waals surface area contributed by atoms with Crippen molar-refractivity contribution in [3.05, 3.63) is 0 Å². The molecule has 0 saturated heterocycles. The van der Waals surface area contributed by atoms with E-state index in [0.29, 0.717) is 51.4 Å². The molecule has 0 aromatic rings. The fraction of sp³-hybridized carbons (Fsp3) is 0.778. The molecule has 26 heavy (non-hydrogen) atoms. The summed E-state index contributed by atoms with van der Waals surface area (Å²) in [6, 6.07) is 0. The summed E-state index contributed by atoms with van der Waals surface area (Å²) in [5, 5.41) is 39.8. The van der Waals surface area contributed by atoms with Crippen molar-refractivity contribution in [3.8, 4) is 0 Å². The molecule has 0 atom stereocenters.